The monoisotopic (exact) mass is 240 g/mol. The number of hydrogen-bond donors (Lipinski definition) is 1. The zero-order valence-electron chi connectivity index (χ0n) is 8.41. The van der Waals surface area contributed by atoms with Crippen LogP contribution in [-0.2, 0) is 13.0 Å². The summed E-state index contributed by atoms with van der Waals surface area (Å²) < 4.78 is 28.2. The lowest BCUT2D eigenvalue weighted by molar-refractivity contribution is 0.576. The fraction of sp³-hybridized carbons (Fsp3) is 0.182. The maximum atomic E-state index is 12.9. The molecule has 5 heteroatoms. The summed E-state index contributed by atoms with van der Waals surface area (Å²) in [6.45, 7) is 0.602. The maximum Gasteiger partial charge on any atom is 0.177 e. The SMILES string of the molecule is Fc1cc(F)cc(CCn2cc[nH]c2=S)c1. The van der Waals surface area contributed by atoms with E-state index in [0.29, 0.717) is 23.3 Å². The summed E-state index contributed by atoms with van der Waals surface area (Å²) in [6.07, 6.45) is 4.08. The Morgan fingerprint density at radius 3 is 2.44 bits per heavy atom. The second kappa shape index (κ2) is 4.57. The molecule has 2 rings (SSSR count). The second-order valence-electron chi connectivity index (χ2n) is 3.49. The predicted molar refractivity (Wildman–Crippen MR) is 59.7 cm³/mol. The number of aromatic amines is 1. The van der Waals surface area contributed by atoms with Crippen molar-refractivity contribution < 1.29 is 8.78 Å². The molecule has 0 saturated heterocycles. The second-order valence-corrected chi connectivity index (χ2v) is 3.87. The van der Waals surface area contributed by atoms with Crippen LogP contribution < -0.4 is 0 Å². The van der Waals surface area contributed by atoms with Gasteiger partial charge in [-0.1, -0.05) is 0 Å². The zero-order valence-corrected chi connectivity index (χ0v) is 9.23. The van der Waals surface area contributed by atoms with Crippen molar-refractivity contribution in [3.05, 3.63) is 52.6 Å². The number of nitrogens with zero attached hydrogens (tertiary/aromatic N) is 1. The number of aryl methyl sites for hydroxylation is 2. The Labute approximate surface area is 96.5 Å². The molecule has 1 N–H and O–H groups in total. The van der Waals surface area contributed by atoms with E-state index in [2.05, 4.69) is 4.98 Å². The average Bonchev–Trinajstić information content (AvgIpc) is 2.59. The van der Waals surface area contributed by atoms with Crippen molar-refractivity contribution in [3.63, 3.8) is 0 Å². The third-order valence-electron chi connectivity index (χ3n) is 2.29. The molecule has 2 aromatic rings. The van der Waals surface area contributed by atoms with Gasteiger partial charge in [-0.05, 0) is 36.3 Å². The minimum absolute atomic E-state index is 0.542. The normalized spacial score (nSPS) is 10.6. The zero-order chi connectivity index (χ0) is 11.5. The first-order chi connectivity index (χ1) is 7.65. The Bertz CT molecular complexity index is 525. The minimum atomic E-state index is -0.548. The molecule has 0 aliphatic heterocycles. The molecule has 16 heavy (non-hydrogen) atoms. The molecule has 0 saturated carbocycles. The van der Waals surface area contributed by atoms with E-state index in [1.54, 1.807) is 12.4 Å². The molecule has 0 amide bonds. The lowest BCUT2D eigenvalue weighted by atomic mass is 10.1. The van der Waals surface area contributed by atoms with Crippen molar-refractivity contribution in [2.45, 2.75) is 13.0 Å². The van der Waals surface area contributed by atoms with E-state index in [4.69, 9.17) is 12.2 Å². The number of H-pyrrole nitrogens is 1. The van der Waals surface area contributed by atoms with E-state index in [1.807, 2.05) is 4.57 Å². The number of aromatic nitrogens is 2. The fourth-order valence-electron chi connectivity index (χ4n) is 1.53. The molecule has 0 unspecified atom stereocenters. The first-order valence-electron chi connectivity index (χ1n) is 4.84. The molecule has 0 spiro atoms. The van der Waals surface area contributed by atoms with Gasteiger partial charge < -0.3 is 9.55 Å². The molecule has 0 aliphatic rings. The summed E-state index contributed by atoms with van der Waals surface area (Å²) in [4.78, 5) is 2.86. The van der Waals surface area contributed by atoms with E-state index in [9.17, 15) is 8.78 Å². The van der Waals surface area contributed by atoms with Crippen LogP contribution >= 0.6 is 12.2 Å². The minimum Gasteiger partial charge on any atom is -0.337 e. The largest absolute Gasteiger partial charge is 0.337 e. The van der Waals surface area contributed by atoms with Crippen LogP contribution in [0.15, 0.2) is 30.6 Å². The number of hydrogen-bond acceptors (Lipinski definition) is 1. The van der Waals surface area contributed by atoms with Crippen molar-refractivity contribution in [2.75, 3.05) is 0 Å². The number of imidazole rings is 1. The summed E-state index contributed by atoms with van der Waals surface area (Å²) in [5.74, 6) is -1.10. The van der Waals surface area contributed by atoms with Crippen molar-refractivity contribution in [2.24, 2.45) is 0 Å². The molecular formula is C11H10F2N2S. The molecule has 1 aromatic heterocycles. The highest BCUT2D eigenvalue weighted by atomic mass is 32.1. The van der Waals surface area contributed by atoms with Crippen LogP contribution in [0.1, 0.15) is 5.56 Å². The van der Waals surface area contributed by atoms with Crippen molar-refractivity contribution in [1.29, 1.82) is 0 Å². The van der Waals surface area contributed by atoms with Crippen LogP contribution in [0, 0.1) is 16.4 Å². The summed E-state index contributed by atoms with van der Waals surface area (Å²) in [7, 11) is 0. The highest BCUT2D eigenvalue weighted by molar-refractivity contribution is 7.71. The first-order valence-corrected chi connectivity index (χ1v) is 5.25. The molecule has 0 radical (unpaired) electrons. The lowest BCUT2D eigenvalue weighted by Crippen LogP contribution is -2.00. The van der Waals surface area contributed by atoms with Crippen LogP contribution in [0.4, 0.5) is 8.78 Å². The Morgan fingerprint density at radius 2 is 1.88 bits per heavy atom. The van der Waals surface area contributed by atoms with Gasteiger partial charge >= 0.3 is 0 Å². The topological polar surface area (TPSA) is 20.7 Å². The highest BCUT2D eigenvalue weighted by Gasteiger charge is 2.01. The van der Waals surface area contributed by atoms with Crippen LogP contribution in [0.5, 0.6) is 0 Å². The summed E-state index contributed by atoms with van der Waals surface area (Å²) in [6, 6.07) is 3.53. The molecule has 2 nitrogen and oxygen atoms in total. The molecule has 84 valence electrons. The predicted octanol–water partition coefficient (Wildman–Crippen LogP) is 3.07. The van der Waals surface area contributed by atoms with Crippen LogP contribution in [0.3, 0.4) is 0 Å². The van der Waals surface area contributed by atoms with Gasteiger partial charge in [-0.15, -0.1) is 0 Å². The quantitative estimate of drug-likeness (QED) is 0.818. The maximum absolute atomic E-state index is 12.9. The van der Waals surface area contributed by atoms with E-state index in [-0.39, 0.29) is 0 Å². The standard InChI is InChI=1S/C11H10F2N2S/c12-9-5-8(6-10(13)7-9)1-3-15-4-2-14-11(15)16/h2,4-7H,1,3H2,(H,14,16). The molecule has 1 aromatic carbocycles. The van der Waals surface area contributed by atoms with Gasteiger partial charge in [0.15, 0.2) is 4.77 Å². The van der Waals surface area contributed by atoms with E-state index in [0.717, 1.165) is 6.07 Å². The van der Waals surface area contributed by atoms with Crippen molar-refractivity contribution in [3.8, 4) is 0 Å². The van der Waals surface area contributed by atoms with Crippen LogP contribution in [0.25, 0.3) is 0 Å². The van der Waals surface area contributed by atoms with E-state index >= 15 is 0 Å². The Morgan fingerprint density at radius 1 is 1.19 bits per heavy atom. The fourth-order valence-corrected chi connectivity index (χ4v) is 1.75. The molecule has 0 atom stereocenters. The number of benzene rings is 1. The van der Waals surface area contributed by atoms with Gasteiger partial charge in [0.25, 0.3) is 0 Å². The van der Waals surface area contributed by atoms with Gasteiger partial charge in [0, 0.05) is 25.0 Å². The Hall–Kier alpha value is -1.49. The van der Waals surface area contributed by atoms with E-state index in [1.165, 1.54) is 12.1 Å². The third-order valence-corrected chi connectivity index (χ3v) is 2.64. The smallest absolute Gasteiger partial charge is 0.177 e. The number of rotatable bonds is 3. The number of nitrogens with one attached hydrogen (secondary N) is 1. The summed E-state index contributed by atoms with van der Waals surface area (Å²) in [5, 5.41) is 0. The van der Waals surface area contributed by atoms with Crippen molar-refractivity contribution in [1.82, 2.24) is 9.55 Å². The third kappa shape index (κ3) is 2.55. The van der Waals surface area contributed by atoms with E-state index < -0.39 is 11.6 Å². The summed E-state index contributed by atoms with van der Waals surface area (Å²) >= 11 is 5.01. The number of halogens is 2. The molecule has 0 aliphatic carbocycles. The van der Waals surface area contributed by atoms with Gasteiger partial charge in [-0.2, -0.15) is 0 Å². The van der Waals surface area contributed by atoms with Crippen LogP contribution in [-0.4, -0.2) is 9.55 Å². The van der Waals surface area contributed by atoms with Gasteiger partial charge in [0.1, 0.15) is 11.6 Å². The summed E-state index contributed by atoms with van der Waals surface area (Å²) in [5.41, 5.74) is 0.626. The average molecular weight is 240 g/mol. The molecular weight excluding hydrogens is 230 g/mol. The van der Waals surface area contributed by atoms with Gasteiger partial charge in [-0.25, -0.2) is 8.78 Å². The Balaban J connectivity index is 2.10. The highest BCUT2D eigenvalue weighted by Crippen LogP contribution is 2.09. The molecule has 0 fully saturated rings. The van der Waals surface area contributed by atoms with Gasteiger partial charge in [0.2, 0.25) is 0 Å². The van der Waals surface area contributed by atoms with Gasteiger partial charge in [0.05, 0.1) is 0 Å². The molecule has 0 bridgehead atoms. The van der Waals surface area contributed by atoms with Crippen LogP contribution in [0.2, 0.25) is 0 Å². The first kappa shape index (κ1) is 11.0. The van der Waals surface area contributed by atoms with Crippen molar-refractivity contribution >= 4 is 12.2 Å². The van der Waals surface area contributed by atoms with Gasteiger partial charge in [-0.3, -0.25) is 0 Å². The molecule has 1 heterocycles. The lowest BCUT2D eigenvalue weighted by Gasteiger charge is -2.03. The Kier molecular flexibility index (Phi) is 3.14.